The summed E-state index contributed by atoms with van der Waals surface area (Å²) in [6.07, 6.45) is 5.27. The molecule has 3 rings (SSSR count). The van der Waals surface area contributed by atoms with E-state index in [1.54, 1.807) is 36.8 Å². The third-order valence-corrected chi connectivity index (χ3v) is 5.07. The molecule has 2 atom stereocenters. The molecule has 0 aliphatic rings. The van der Waals surface area contributed by atoms with Gasteiger partial charge in [0.15, 0.2) is 0 Å². The number of ether oxygens (including phenoxy) is 1. The molecule has 156 valence electrons. The van der Waals surface area contributed by atoms with Crippen LogP contribution >= 0.6 is 11.6 Å². The first-order chi connectivity index (χ1) is 14.5. The van der Waals surface area contributed by atoms with Crippen LogP contribution in [-0.2, 0) is 9.53 Å². The second kappa shape index (κ2) is 9.93. The Kier molecular flexibility index (Phi) is 7.08. The smallest absolute Gasteiger partial charge is 0.315 e. The van der Waals surface area contributed by atoms with Crippen LogP contribution in [-0.4, -0.2) is 28.7 Å². The molecule has 0 saturated carbocycles. The van der Waals surface area contributed by atoms with Crippen molar-refractivity contribution in [3.63, 3.8) is 0 Å². The Morgan fingerprint density at radius 1 is 1.13 bits per heavy atom. The van der Waals surface area contributed by atoms with Crippen molar-refractivity contribution in [1.82, 2.24) is 20.2 Å². The van der Waals surface area contributed by atoms with E-state index in [0.717, 1.165) is 11.3 Å². The lowest BCUT2D eigenvalue weighted by molar-refractivity contribution is -0.141. The van der Waals surface area contributed by atoms with Crippen LogP contribution < -0.4 is 10.6 Å². The van der Waals surface area contributed by atoms with E-state index in [0.29, 0.717) is 10.6 Å². The van der Waals surface area contributed by atoms with E-state index in [-0.39, 0.29) is 12.5 Å². The maximum Gasteiger partial charge on any atom is 0.315 e. The number of nitrogens with zero attached hydrogens (tertiary/aromatic N) is 2. The molecule has 30 heavy (non-hydrogen) atoms. The number of esters is 1. The third-order valence-electron chi connectivity index (χ3n) is 4.73. The molecule has 1 heterocycles. The maximum atomic E-state index is 12.6. The van der Waals surface area contributed by atoms with Crippen molar-refractivity contribution in [2.45, 2.75) is 25.4 Å². The third kappa shape index (κ3) is 5.39. The fourth-order valence-corrected chi connectivity index (χ4v) is 3.34. The topological polar surface area (TPSA) is 85.2 Å². The Morgan fingerprint density at radius 3 is 2.50 bits per heavy atom. The van der Waals surface area contributed by atoms with Crippen LogP contribution in [0.5, 0.6) is 0 Å². The van der Waals surface area contributed by atoms with E-state index in [4.69, 9.17) is 16.3 Å². The zero-order chi connectivity index (χ0) is 21.5. The summed E-state index contributed by atoms with van der Waals surface area (Å²) in [5.41, 5.74) is 2.57. The molecule has 7 nitrogen and oxygen atoms in total. The normalized spacial score (nSPS) is 12.6. The summed E-state index contributed by atoms with van der Waals surface area (Å²) in [5.74, 6) is -0.441. The SMILES string of the molecule is COC(=O)CC(NC(=O)NC(C)c1ccc(-n2ccnc2)cc1)c1ccccc1Cl. The number of aromatic nitrogens is 2. The van der Waals surface area contributed by atoms with E-state index in [1.807, 2.05) is 42.0 Å². The van der Waals surface area contributed by atoms with Crippen molar-refractivity contribution in [2.24, 2.45) is 0 Å². The number of halogens is 1. The number of hydrogen-bond donors (Lipinski definition) is 2. The number of carbonyl (C=O) groups is 2. The standard InChI is InChI=1S/C22H23ClN4O3/c1-15(16-7-9-17(10-8-16)27-12-11-24-14-27)25-22(29)26-20(13-21(28)30-2)18-5-3-4-6-19(18)23/h3-12,14-15,20H,13H2,1-2H3,(H2,25,26,29). The highest BCUT2D eigenvalue weighted by Crippen LogP contribution is 2.25. The van der Waals surface area contributed by atoms with Crippen LogP contribution in [0.1, 0.15) is 36.6 Å². The molecular formula is C22H23ClN4O3. The molecule has 0 spiro atoms. The average Bonchev–Trinajstić information content (AvgIpc) is 3.28. The van der Waals surface area contributed by atoms with Crippen LogP contribution in [0.4, 0.5) is 4.79 Å². The maximum absolute atomic E-state index is 12.6. The summed E-state index contributed by atoms with van der Waals surface area (Å²) >= 11 is 6.26. The van der Waals surface area contributed by atoms with Crippen molar-refractivity contribution >= 4 is 23.6 Å². The van der Waals surface area contributed by atoms with Crippen LogP contribution in [0.2, 0.25) is 5.02 Å². The van der Waals surface area contributed by atoms with Crippen LogP contribution in [0, 0.1) is 0 Å². The molecule has 0 aliphatic carbocycles. The van der Waals surface area contributed by atoms with Gasteiger partial charge >= 0.3 is 12.0 Å². The molecule has 3 aromatic rings. The van der Waals surface area contributed by atoms with Gasteiger partial charge in [-0.05, 0) is 36.2 Å². The monoisotopic (exact) mass is 426 g/mol. The van der Waals surface area contributed by atoms with E-state index < -0.39 is 18.0 Å². The molecule has 0 fully saturated rings. The van der Waals surface area contributed by atoms with Crippen molar-refractivity contribution < 1.29 is 14.3 Å². The van der Waals surface area contributed by atoms with Crippen molar-refractivity contribution in [3.05, 3.63) is 83.4 Å². The molecule has 0 bridgehead atoms. The zero-order valence-electron chi connectivity index (χ0n) is 16.7. The highest BCUT2D eigenvalue weighted by Gasteiger charge is 2.22. The Hall–Kier alpha value is -3.32. The molecule has 2 N–H and O–H groups in total. The first-order valence-electron chi connectivity index (χ1n) is 9.44. The van der Waals surface area contributed by atoms with E-state index in [2.05, 4.69) is 15.6 Å². The summed E-state index contributed by atoms with van der Waals surface area (Å²) < 4.78 is 6.65. The summed E-state index contributed by atoms with van der Waals surface area (Å²) in [6.45, 7) is 1.89. The minimum absolute atomic E-state index is 0.0262. The molecule has 0 saturated heterocycles. The Morgan fingerprint density at radius 2 is 1.87 bits per heavy atom. The van der Waals surface area contributed by atoms with Gasteiger partial charge in [0.25, 0.3) is 0 Å². The Balaban J connectivity index is 1.67. The number of methoxy groups -OCH3 is 1. The molecule has 8 heteroatoms. The van der Waals surface area contributed by atoms with Gasteiger partial charge in [-0.15, -0.1) is 0 Å². The van der Waals surface area contributed by atoms with Crippen molar-refractivity contribution in [3.8, 4) is 5.69 Å². The van der Waals surface area contributed by atoms with Gasteiger partial charge < -0.3 is 19.9 Å². The molecule has 0 aliphatic heterocycles. The lowest BCUT2D eigenvalue weighted by Crippen LogP contribution is -2.40. The Bertz CT molecular complexity index is 990. The van der Waals surface area contributed by atoms with Gasteiger partial charge in [-0.25, -0.2) is 9.78 Å². The molecular weight excluding hydrogens is 404 g/mol. The molecule has 2 unspecified atom stereocenters. The van der Waals surface area contributed by atoms with Crippen molar-refractivity contribution in [2.75, 3.05) is 7.11 Å². The van der Waals surface area contributed by atoms with Gasteiger partial charge in [0.2, 0.25) is 0 Å². The average molecular weight is 427 g/mol. The predicted molar refractivity (Wildman–Crippen MR) is 114 cm³/mol. The van der Waals surface area contributed by atoms with Gasteiger partial charge in [0.1, 0.15) is 0 Å². The molecule has 0 radical (unpaired) electrons. The number of rotatable bonds is 7. The van der Waals surface area contributed by atoms with E-state index >= 15 is 0 Å². The van der Waals surface area contributed by atoms with Crippen LogP contribution in [0.15, 0.2) is 67.3 Å². The minimum atomic E-state index is -0.609. The van der Waals surface area contributed by atoms with Crippen LogP contribution in [0.3, 0.4) is 0 Å². The first kappa shape index (κ1) is 21.4. The lowest BCUT2D eigenvalue weighted by atomic mass is 10.0. The number of benzene rings is 2. The van der Waals surface area contributed by atoms with Gasteiger partial charge in [-0.3, -0.25) is 4.79 Å². The number of hydrogen-bond acceptors (Lipinski definition) is 4. The second-order valence-electron chi connectivity index (χ2n) is 6.76. The highest BCUT2D eigenvalue weighted by atomic mass is 35.5. The summed E-state index contributed by atoms with van der Waals surface area (Å²) in [5, 5.41) is 6.19. The molecule has 2 amide bonds. The number of imidazole rings is 1. The predicted octanol–water partition coefficient (Wildman–Crippen LogP) is 4.19. The number of nitrogens with one attached hydrogen (secondary N) is 2. The van der Waals surface area contributed by atoms with E-state index in [1.165, 1.54) is 7.11 Å². The number of urea groups is 1. The molecule has 2 aromatic carbocycles. The lowest BCUT2D eigenvalue weighted by Gasteiger charge is -2.22. The zero-order valence-corrected chi connectivity index (χ0v) is 17.5. The molecule has 1 aromatic heterocycles. The number of amides is 2. The second-order valence-corrected chi connectivity index (χ2v) is 7.16. The summed E-state index contributed by atoms with van der Waals surface area (Å²) in [6, 6.07) is 13.6. The number of carbonyl (C=O) groups excluding carboxylic acids is 2. The van der Waals surface area contributed by atoms with Crippen LogP contribution in [0.25, 0.3) is 5.69 Å². The first-order valence-corrected chi connectivity index (χ1v) is 9.82. The Labute approximate surface area is 180 Å². The largest absolute Gasteiger partial charge is 0.469 e. The van der Waals surface area contributed by atoms with Crippen molar-refractivity contribution in [1.29, 1.82) is 0 Å². The quantitative estimate of drug-likeness (QED) is 0.555. The van der Waals surface area contributed by atoms with Gasteiger partial charge in [-0.1, -0.05) is 41.9 Å². The van der Waals surface area contributed by atoms with E-state index in [9.17, 15) is 9.59 Å². The van der Waals surface area contributed by atoms with Gasteiger partial charge in [0, 0.05) is 23.1 Å². The fraction of sp³-hybridized carbons (Fsp3) is 0.227. The van der Waals surface area contributed by atoms with Gasteiger partial charge in [-0.2, -0.15) is 0 Å². The highest BCUT2D eigenvalue weighted by molar-refractivity contribution is 6.31. The van der Waals surface area contributed by atoms with Gasteiger partial charge in [0.05, 0.1) is 31.9 Å². The summed E-state index contributed by atoms with van der Waals surface area (Å²) in [4.78, 5) is 28.5. The minimum Gasteiger partial charge on any atom is -0.469 e. The fourth-order valence-electron chi connectivity index (χ4n) is 3.07. The summed E-state index contributed by atoms with van der Waals surface area (Å²) in [7, 11) is 1.31.